The molecule has 5 heterocycles. The Balaban J connectivity index is 1.74. The Bertz CT molecular complexity index is 2390. The first kappa shape index (κ1) is 77.5. The molecular weight excluding hydrogens is 1310 g/mol. The van der Waals surface area contributed by atoms with Crippen molar-refractivity contribution in [1.29, 1.82) is 0 Å². The van der Waals surface area contributed by atoms with Crippen LogP contribution >= 0.6 is 31.3 Å². The quantitative estimate of drug-likeness (QED) is 0.0278. The number of hydrogen-bond acceptors (Lipinski definition) is 39. The van der Waals surface area contributed by atoms with Crippen molar-refractivity contribution in [2.75, 3.05) is 59.3 Å². The van der Waals surface area contributed by atoms with E-state index in [-0.39, 0.29) is 0 Å². The van der Waals surface area contributed by atoms with E-state index in [0.717, 1.165) is 0 Å². The second kappa shape index (κ2) is 32.5. The summed E-state index contributed by atoms with van der Waals surface area (Å²) in [5.41, 5.74) is 10.6. The van der Waals surface area contributed by atoms with E-state index in [4.69, 9.17) is 63.1 Å². The number of aliphatic hydroxyl groups is 17. The van der Waals surface area contributed by atoms with Gasteiger partial charge in [0, 0.05) is 19.5 Å². The lowest BCUT2D eigenvalue weighted by Crippen LogP contribution is -2.70. The number of phosphoric acid groups is 4. The summed E-state index contributed by atoms with van der Waals surface area (Å²) in [7, 11) is -22.8. The van der Waals surface area contributed by atoms with Crippen LogP contribution in [0.25, 0.3) is 0 Å². The van der Waals surface area contributed by atoms with Crippen molar-refractivity contribution in [3.8, 4) is 0 Å². The van der Waals surface area contributed by atoms with Crippen LogP contribution in [0.1, 0.15) is 6.42 Å². The molecule has 49 heteroatoms. The van der Waals surface area contributed by atoms with Crippen LogP contribution < -0.4 is 11.5 Å². The fourth-order valence-corrected chi connectivity index (χ4v) is 12.8. The summed E-state index contributed by atoms with van der Waals surface area (Å²) in [6.07, 6.45) is -70.4. The molecule has 5 rings (SSSR count). The molecule has 0 spiro atoms. The van der Waals surface area contributed by atoms with Gasteiger partial charge in [-0.2, -0.15) is 4.31 Å². The van der Waals surface area contributed by atoms with Crippen molar-refractivity contribution < 1.29 is 209 Å². The highest BCUT2D eigenvalue weighted by molar-refractivity contribution is 7.61. The number of carboxylic acids is 1. The monoisotopic (exact) mass is 1380 g/mol. The fraction of sp³-hybridized carbons (Fsp3) is 0.974. The van der Waals surface area contributed by atoms with Crippen molar-refractivity contribution in [2.24, 2.45) is 11.5 Å². The third-order valence-electron chi connectivity index (χ3n) is 13.6. The van der Waals surface area contributed by atoms with Gasteiger partial charge >= 0.3 is 37.3 Å². The molecule has 31 atom stereocenters. The summed E-state index contributed by atoms with van der Waals surface area (Å²) >= 11 is 0. The summed E-state index contributed by atoms with van der Waals surface area (Å²) in [5, 5.41) is 197. The SMILES string of the molecule is NCCOP(=O)(O)O[C@@H](CO)[C@H]1O[C@H](O[C@@H]2[C@H](O)[C@@H](O[C@H]3[C@@H]([C@H](O)CO)O[C@@](O)(C(=O)O)C[C@H]3OP(=O)(O)OP(=O)(O)OCCN)O[C@H]([C@@H](O)CO)[C@H]2O[C@@H]2O[C@H](COP(=O)(O)O)[C@@H](O)[C@H](O)[C@H]2O)[C@@H](O[C@H]2O[C@H]([C@@H](O)CO)[C@@H](O)[C@H](O)[C@@H]2O)[C@@H](O)[C@@H]1O. The standard InChI is InChI=1S/C39H74N2O43P4/c40-1-3-70-86(64,65)83-15(9-45)29-21(53)22(54)32(79-35-24(56)19(51)20(52)26(74-35)11(46)6-42)37(76-29)78-31-25(57)36(75-27(12(47)7-43)33(31)80-34-23(55)18(50)17(49)16(73-34)10-72-85(61,62)63)77-30-14(82-88(68,69)84-87(66,67)71-4-2-41)5-39(60,38(58)59)81-28(30)13(48)8-44/h11-37,42-57,60H,1-10,40-41H2,(H,58,59)(H,64,65)(H,66,67)(H,68,69)(H2,61,62,63)/t11-,12-,13+,14+,15-,16+,17+,18-,19-,20-,21-,22-,23+,24-,25-,26+,27+,28+,29+,30+,31+,32-,33+,34-,35+,36+,37+,39+/m0/s1. The first-order valence-corrected chi connectivity index (χ1v) is 31.8. The number of hydrogen-bond donors (Lipinski definition) is 25. The second-order valence-electron chi connectivity index (χ2n) is 19.9. The smallest absolute Gasteiger partial charge is 0.477 e. The topological polar surface area (TPSA) is 741 Å². The Morgan fingerprint density at radius 3 is 1.52 bits per heavy atom. The lowest BCUT2D eigenvalue weighted by molar-refractivity contribution is -0.414. The first-order valence-electron chi connectivity index (χ1n) is 25.8. The summed E-state index contributed by atoms with van der Waals surface area (Å²) in [4.78, 5) is 62.6. The normalized spacial score (nSPS) is 42.1. The lowest BCUT2D eigenvalue weighted by Gasteiger charge is -2.52. The van der Waals surface area contributed by atoms with Gasteiger partial charge < -0.3 is 170 Å². The second-order valence-corrected chi connectivity index (χ2v) is 25.5. The molecule has 27 N–H and O–H groups in total. The van der Waals surface area contributed by atoms with Crippen LogP contribution in [-0.2, 0) is 92.6 Å². The van der Waals surface area contributed by atoms with Gasteiger partial charge in [0.25, 0.3) is 5.79 Å². The highest BCUT2D eigenvalue weighted by Gasteiger charge is 2.62. The van der Waals surface area contributed by atoms with Gasteiger partial charge in [0.2, 0.25) is 0 Å². The first-order chi connectivity index (χ1) is 40.8. The molecule has 5 aliphatic heterocycles. The average Bonchev–Trinajstić information content (AvgIpc) is 1.48. The molecule has 45 nitrogen and oxygen atoms in total. The van der Waals surface area contributed by atoms with Crippen molar-refractivity contribution in [2.45, 2.75) is 178 Å². The molecule has 0 aromatic carbocycles. The van der Waals surface area contributed by atoms with Crippen LogP contribution in [0.2, 0.25) is 0 Å². The largest absolute Gasteiger partial charge is 0.481 e. The zero-order chi connectivity index (χ0) is 66.3. The molecule has 5 aliphatic rings. The van der Waals surface area contributed by atoms with Crippen LogP contribution in [0.4, 0.5) is 0 Å². The number of phosphoric ester groups is 4. The molecule has 0 aromatic heterocycles. The van der Waals surface area contributed by atoms with Gasteiger partial charge in [-0.15, -0.1) is 0 Å². The zero-order valence-electron chi connectivity index (χ0n) is 45.1. The number of carboxylic acid groups (broad SMARTS) is 1. The van der Waals surface area contributed by atoms with Gasteiger partial charge in [-0.25, -0.2) is 23.1 Å². The van der Waals surface area contributed by atoms with Gasteiger partial charge in [0.1, 0.15) is 140 Å². The molecule has 3 unspecified atom stereocenters. The van der Waals surface area contributed by atoms with Crippen molar-refractivity contribution in [3.63, 3.8) is 0 Å². The number of aliphatic hydroxyl groups excluding tert-OH is 16. The van der Waals surface area contributed by atoms with Gasteiger partial charge in [0.15, 0.2) is 25.2 Å². The Kier molecular flexibility index (Phi) is 28.6. The summed E-state index contributed by atoms with van der Waals surface area (Å²) in [6, 6.07) is 0. The third kappa shape index (κ3) is 19.5. The minimum absolute atomic E-state index is 0.425. The predicted molar refractivity (Wildman–Crippen MR) is 265 cm³/mol. The van der Waals surface area contributed by atoms with E-state index in [1.54, 1.807) is 0 Å². The summed E-state index contributed by atoms with van der Waals surface area (Å²) < 4.78 is 130. The van der Waals surface area contributed by atoms with Crippen LogP contribution in [0.5, 0.6) is 0 Å². The molecule has 518 valence electrons. The molecule has 0 bridgehead atoms. The minimum Gasteiger partial charge on any atom is -0.477 e. The molecule has 88 heavy (non-hydrogen) atoms. The van der Waals surface area contributed by atoms with E-state index < -0.39 is 274 Å². The van der Waals surface area contributed by atoms with Crippen molar-refractivity contribution in [1.82, 2.24) is 0 Å². The van der Waals surface area contributed by atoms with Crippen molar-refractivity contribution in [3.05, 3.63) is 0 Å². The number of rotatable bonds is 32. The molecule has 5 saturated heterocycles. The zero-order valence-corrected chi connectivity index (χ0v) is 48.6. The highest BCUT2D eigenvalue weighted by Crippen LogP contribution is 2.62. The molecule has 0 aromatic rings. The van der Waals surface area contributed by atoms with E-state index in [9.17, 15) is 139 Å². The van der Waals surface area contributed by atoms with E-state index in [1.807, 2.05) is 0 Å². The average molecular weight is 1380 g/mol. The fourth-order valence-electron chi connectivity index (χ4n) is 9.30. The molecule has 5 fully saturated rings. The van der Waals surface area contributed by atoms with Crippen LogP contribution in [0, 0.1) is 0 Å². The van der Waals surface area contributed by atoms with E-state index in [1.165, 1.54) is 0 Å². The molecular formula is C39H74N2O43P4. The maximum atomic E-state index is 13.5. The Morgan fingerprint density at radius 2 is 0.977 bits per heavy atom. The van der Waals surface area contributed by atoms with E-state index >= 15 is 0 Å². The van der Waals surface area contributed by atoms with E-state index in [0.29, 0.717) is 0 Å². The van der Waals surface area contributed by atoms with Crippen LogP contribution in [-0.4, -0.2) is 353 Å². The van der Waals surface area contributed by atoms with Crippen molar-refractivity contribution >= 4 is 37.3 Å². The van der Waals surface area contributed by atoms with Gasteiger partial charge in [-0.05, 0) is 0 Å². The Morgan fingerprint density at radius 1 is 0.511 bits per heavy atom. The Labute approximate surface area is 494 Å². The number of ether oxygens (including phenoxy) is 9. The molecule has 0 radical (unpaired) electrons. The highest BCUT2D eigenvalue weighted by atomic mass is 31.3. The van der Waals surface area contributed by atoms with Gasteiger partial charge in [-0.3, -0.25) is 22.6 Å². The molecule has 0 aliphatic carbocycles. The number of carbonyl (C=O) groups is 1. The number of aliphatic carboxylic acids is 1. The maximum Gasteiger partial charge on any atom is 0.481 e. The minimum atomic E-state index is -6.25. The Hall–Kier alpha value is -1.17. The maximum absolute atomic E-state index is 13.5. The summed E-state index contributed by atoms with van der Waals surface area (Å²) in [5.74, 6) is -6.06. The van der Waals surface area contributed by atoms with Crippen LogP contribution in [0.15, 0.2) is 0 Å². The summed E-state index contributed by atoms with van der Waals surface area (Å²) in [6.45, 7) is -9.57. The van der Waals surface area contributed by atoms with E-state index in [2.05, 4.69) is 17.9 Å². The van der Waals surface area contributed by atoms with Gasteiger partial charge in [0.05, 0.1) is 46.2 Å². The van der Waals surface area contributed by atoms with Gasteiger partial charge in [-0.1, -0.05) is 0 Å². The molecule has 0 saturated carbocycles. The predicted octanol–water partition coefficient (Wildman–Crippen LogP) is -13.6. The lowest BCUT2D eigenvalue weighted by atomic mass is 9.91. The number of nitrogens with two attached hydrogens (primary N) is 2. The van der Waals surface area contributed by atoms with Crippen LogP contribution in [0.3, 0.4) is 0 Å². The molecule has 0 amide bonds. The third-order valence-corrected chi connectivity index (χ3v) is 17.8.